The van der Waals surface area contributed by atoms with E-state index in [2.05, 4.69) is 52.0 Å². The minimum Gasteiger partial charge on any atom is -0.325 e. The molecule has 0 aliphatic heterocycles. The van der Waals surface area contributed by atoms with E-state index in [0.29, 0.717) is 18.5 Å². The second-order valence-corrected chi connectivity index (χ2v) is 8.06. The van der Waals surface area contributed by atoms with Crippen LogP contribution in [0.4, 0.5) is 5.69 Å². The highest BCUT2D eigenvalue weighted by Gasteiger charge is 2.14. The molecule has 160 valence electrons. The minimum absolute atomic E-state index is 0.0749. The zero-order chi connectivity index (χ0) is 22.1. The Hall–Kier alpha value is -4.00. The van der Waals surface area contributed by atoms with E-state index in [1.54, 1.807) is 12.4 Å². The van der Waals surface area contributed by atoms with E-state index < -0.39 is 0 Å². The fourth-order valence-electron chi connectivity index (χ4n) is 3.94. The molecule has 0 aliphatic carbocycles. The lowest BCUT2D eigenvalue weighted by molar-refractivity contribution is -0.116. The van der Waals surface area contributed by atoms with Gasteiger partial charge in [-0.2, -0.15) is 5.10 Å². The van der Waals surface area contributed by atoms with Gasteiger partial charge in [0.05, 0.1) is 29.1 Å². The van der Waals surface area contributed by atoms with Gasteiger partial charge in [-0.3, -0.25) is 9.36 Å². The van der Waals surface area contributed by atoms with Gasteiger partial charge in [0.1, 0.15) is 5.82 Å². The van der Waals surface area contributed by atoms with Crippen molar-refractivity contribution >= 4 is 33.7 Å². The largest absolute Gasteiger partial charge is 0.325 e. The third kappa shape index (κ3) is 3.73. The molecule has 7 nitrogen and oxygen atoms in total. The molecular weight excluding hydrogens is 400 g/mol. The number of nitrogens with zero attached hydrogens (tertiary/aromatic N) is 5. The molecule has 0 unspecified atom stereocenters. The van der Waals surface area contributed by atoms with Crippen molar-refractivity contribution in [3.8, 4) is 5.69 Å². The smallest absolute Gasteiger partial charge is 0.224 e. The molecule has 0 aliphatic rings. The average Bonchev–Trinajstić information content (AvgIpc) is 3.39. The molecule has 2 aromatic carbocycles. The third-order valence-electron chi connectivity index (χ3n) is 5.43. The van der Waals surface area contributed by atoms with Gasteiger partial charge in [0, 0.05) is 30.0 Å². The maximum atomic E-state index is 12.7. The van der Waals surface area contributed by atoms with E-state index in [-0.39, 0.29) is 11.9 Å². The summed E-state index contributed by atoms with van der Waals surface area (Å²) in [6, 6.07) is 20.3. The van der Waals surface area contributed by atoms with Crippen molar-refractivity contribution in [2.75, 3.05) is 5.32 Å². The number of hydrogen-bond donors (Lipinski definition) is 1. The van der Waals surface area contributed by atoms with Crippen LogP contribution in [-0.4, -0.2) is 30.2 Å². The molecule has 7 heteroatoms. The summed E-state index contributed by atoms with van der Waals surface area (Å²) in [5.74, 6) is 0.786. The van der Waals surface area contributed by atoms with Gasteiger partial charge in [-0.15, -0.1) is 0 Å². The van der Waals surface area contributed by atoms with Crippen molar-refractivity contribution < 1.29 is 4.79 Å². The highest BCUT2D eigenvalue weighted by molar-refractivity contribution is 5.92. The van der Waals surface area contributed by atoms with E-state index in [1.807, 2.05) is 47.1 Å². The van der Waals surface area contributed by atoms with Crippen LogP contribution in [0.15, 0.2) is 73.1 Å². The molecule has 1 N–H and O–H groups in total. The summed E-state index contributed by atoms with van der Waals surface area (Å²) < 4.78 is 3.99. The van der Waals surface area contributed by atoms with Crippen LogP contribution in [0, 0.1) is 0 Å². The Labute approximate surface area is 185 Å². The van der Waals surface area contributed by atoms with Gasteiger partial charge in [-0.25, -0.2) is 14.6 Å². The first-order chi connectivity index (χ1) is 15.6. The number of pyridine rings is 1. The van der Waals surface area contributed by atoms with Crippen LogP contribution in [0.25, 0.3) is 27.8 Å². The molecule has 32 heavy (non-hydrogen) atoms. The Balaban J connectivity index is 1.35. The zero-order valence-corrected chi connectivity index (χ0v) is 18.1. The average molecular weight is 425 g/mol. The number of aryl methyl sites for hydroxylation is 1. The van der Waals surface area contributed by atoms with Gasteiger partial charge in [0.15, 0.2) is 5.65 Å². The normalized spacial score (nSPS) is 11.5. The maximum Gasteiger partial charge on any atom is 0.224 e. The molecule has 0 bridgehead atoms. The summed E-state index contributed by atoms with van der Waals surface area (Å²) in [7, 11) is 0. The van der Waals surface area contributed by atoms with Crippen LogP contribution in [-0.2, 0) is 11.2 Å². The number of para-hydroxylation sites is 3. The molecular formula is C25H24N6O. The Morgan fingerprint density at radius 2 is 1.81 bits per heavy atom. The summed E-state index contributed by atoms with van der Waals surface area (Å²) in [6.45, 7) is 4.12. The molecule has 0 atom stereocenters. The van der Waals surface area contributed by atoms with Crippen molar-refractivity contribution in [2.24, 2.45) is 0 Å². The fraction of sp³-hybridized carbons (Fsp3) is 0.200. The van der Waals surface area contributed by atoms with E-state index in [4.69, 9.17) is 4.98 Å². The summed E-state index contributed by atoms with van der Waals surface area (Å²) in [5.41, 5.74) is 4.47. The first-order valence-electron chi connectivity index (χ1n) is 10.7. The molecule has 5 aromatic rings. The van der Waals surface area contributed by atoms with Crippen molar-refractivity contribution in [3.05, 3.63) is 78.9 Å². The molecule has 0 radical (unpaired) electrons. The SMILES string of the molecule is CC(C)n1ncc2cc(NC(=O)CCc3nc4ccccc4n3-c3ccccc3)cnc21. The predicted molar refractivity (Wildman–Crippen MR) is 126 cm³/mol. The zero-order valence-electron chi connectivity index (χ0n) is 18.1. The Morgan fingerprint density at radius 1 is 1.03 bits per heavy atom. The lowest BCUT2D eigenvalue weighted by Crippen LogP contribution is -2.14. The van der Waals surface area contributed by atoms with Crippen LogP contribution in [0.3, 0.4) is 0 Å². The summed E-state index contributed by atoms with van der Waals surface area (Å²) in [4.78, 5) is 22.0. The van der Waals surface area contributed by atoms with Gasteiger partial charge in [0.2, 0.25) is 5.91 Å². The van der Waals surface area contributed by atoms with Crippen LogP contribution in [0.5, 0.6) is 0 Å². The molecule has 5 rings (SSSR count). The monoisotopic (exact) mass is 424 g/mol. The topological polar surface area (TPSA) is 77.6 Å². The van der Waals surface area contributed by atoms with E-state index in [9.17, 15) is 4.79 Å². The van der Waals surface area contributed by atoms with Gasteiger partial charge < -0.3 is 5.32 Å². The molecule has 3 aromatic heterocycles. The van der Waals surface area contributed by atoms with Crippen molar-refractivity contribution in [1.29, 1.82) is 0 Å². The number of fused-ring (bicyclic) bond motifs is 2. The standard InChI is InChI=1S/C25H24N6O/c1-17(2)31-25-18(15-27-31)14-19(16-26-25)28-24(32)13-12-23-29-21-10-6-7-11-22(21)30(23)20-8-4-3-5-9-20/h3-11,14-17H,12-13H2,1-2H3,(H,28,32). The van der Waals surface area contributed by atoms with E-state index in [0.717, 1.165) is 33.6 Å². The highest BCUT2D eigenvalue weighted by Crippen LogP contribution is 2.23. The first kappa shape index (κ1) is 19.9. The van der Waals surface area contributed by atoms with E-state index in [1.165, 1.54) is 0 Å². The van der Waals surface area contributed by atoms with Crippen molar-refractivity contribution in [1.82, 2.24) is 24.3 Å². The fourth-order valence-corrected chi connectivity index (χ4v) is 3.94. The quantitative estimate of drug-likeness (QED) is 0.420. The number of carbonyl (C=O) groups is 1. The van der Waals surface area contributed by atoms with Gasteiger partial charge in [0.25, 0.3) is 0 Å². The highest BCUT2D eigenvalue weighted by atomic mass is 16.1. The number of amides is 1. The Kier molecular flexibility index (Phi) is 5.15. The lowest BCUT2D eigenvalue weighted by atomic mass is 10.2. The predicted octanol–water partition coefficient (Wildman–Crippen LogP) is 4.92. The van der Waals surface area contributed by atoms with Gasteiger partial charge in [-0.05, 0) is 44.2 Å². The summed E-state index contributed by atoms with van der Waals surface area (Å²) >= 11 is 0. The molecule has 0 fully saturated rings. The second kappa shape index (κ2) is 8.26. The summed E-state index contributed by atoms with van der Waals surface area (Å²) in [5, 5.41) is 8.25. The molecule has 3 heterocycles. The van der Waals surface area contributed by atoms with Crippen molar-refractivity contribution in [3.63, 3.8) is 0 Å². The third-order valence-corrected chi connectivity index (χ3v) is 5.43. The van der Waals surface area contributed by atoms with Gasteiger partial charge in [-0.1, -0.05) is 30.3 Å². The number of imidazole rings is 1. The van der Waals surface area contributed by atoms with Crippen LogP contribution < -0.4 is 5.32 Å². The number of benzene rings is 2. The van der Waals surface area contributed by atoms with Gasteiger partial charge >= 0.3 is 0 Å². The number of hydrogen-bond acceptors (Lipinski definition) is 4. The number of anilines is 1. The minimum atomic E-state index is -0.0749. The van der Waals surface area contributed by atoms with Crippen LogP contribution >= 0.6 is 0 Å². The molecule has 0 saturated carbocycles. The summed E-state index contributed by atoms with van der Waals surface area (Å²) in [6.07, 6.45) is 4.30. The van der Waals surface area contributed by atoms with Crippen LogP contribution in [0.2, 0.25) is 0 Å². The Morgan fingerprint density at radius 3 is 2.62 bits per heavy atom. The number of rotatable bonds is 6. The number of carbonyl (C=O) groups excluding carboxylic acids is 1. The molecule has 0 saturated heterocycles. The molecule has 1 amide bonds. The maximum absolute atomic E-state index is 12.7. The van der Waals surface area contributed by atoms with Crippen LogP contribution in [0.1, 0.15) is 32.1 Å². The Bertz CT molecular complexity index is 1400. The number of aromatic nitrogens is 5. The first-order valence-corrected chi connectivity index (χ1v) is 10.7. The molecule has 0 spiro atoms. The lowest BCUT2D eigenvalue weighted by Gasteiger charge is -2.10. The number of nitrogens with one attached hydrogen (secondary N) is 1. The van der Waals surface area contributed by atoms with Crippen molar-refractivity contribution in [2.45, 2.75) is 32.7 Å². The van der Waals surface area contributed by atoms with E-state index >= 15 is 0 Å². The second-order valence-electron chi connectivity index (χ2n) is 8.06.